The molecule has 0 radical (unpaired) electrons. The van der Waals surface area contributed by atoms with Crippen LogP contribution in [-0.2, 0) is 16.0 Å². The molecule has 0 unspecified atom stereocenters. The Kier molecular flexibility index (Phi) is 5.41. The van der Waals surface area contributed by atoms with Crippen LogP contribution in [0.5, 0.6) is 5.75 Å². The van der Waals surface area contributed by atoms with E-state index in [1.807, 2.05) is 47.9 Å². The van der Waals surface area contributed by atoms with Crippen molar-refractivity contribution in [2.24, 2.45) is 5.92 Å². The summed E-state index contributed by atoms with van der Waals surface area (Å²) in [6.45, 7) is 6.26. The number of benzene rings is 1. The molecule has 0 atom stereocenters. The largest absolute Gasteiger partial charge is 0.496 e. The molecule has 0 aliphatic carbocycles. The topological polar surface area (TPSA) is 49.9 Å². The van der Waals surface area contributed by atoms with Crippen LogP contribution in [-0.4, -0.2) is 54.9 Å². The lowest BCUT2D eigenvalue weighted by Gasteiger charge is -2.35. The van der Waals surface area contributed by atoms with Crippen molar-refractivity contribution >= 4 is 11.8 Å². The third-order valence-electron chi connectivity index (χ3n) is 3.97. The molecule has 0 aromatic heterocycles. The van der Waals surface area contributed by atoms with Gasteiger partial charge in [0.25, 0.3) is 0 Å². The first-order valence-corrected chi connectivity index (χ1v) is 7.71. The van der Waals surface area contributed by atoms with Gasteiger partial charge in [-0.2, -0.15) is 0 Å². The number of rotatable bonds is 4. The lowest BCUT2D eigenvalue weighted by molar-refractivity contribution is -0.141. The smallest absolute Gasteiger partial charge is 0.227 e. The SMILES string of the molecule is COc1ccccc1CC(=O)N1CCN(C(=O)C(C)C)CC1. The zero-order valence-corrected chi connectivity index (χ0v) is 13.5. The Balaban J connectivity index is 1.91. The van der Waals surface area contributed by atoms with E-state index in [0.29, 0.717) is 32.6 Å². The predicted octanol–water partition coefficient (Wildman–Crippen LogP) is 1.56. The van der Waals surface area contributed by atoms with Gasteiger partial charge in [0.05, 0.1) is 13.5 Å². The van der Waals surface area contributed by atoms with Crippen LogP contribution in [0.3, 0.4) is 0 Å². The average molecular weight is 304 g/mol. The number of carbonyl (C=O) groups excluding carboxylic acids is 2. The minimum Gasteiger partial charge on any atom is -0.496 e. The molecule has 1 aliphatic rings. The van der Waals surface area contributed by atoms with Gasteiger partial charge in [0, 0.05) is 37.7 Å². The van der Waals surface area contributed by atoms with Gasteiger partial charge >= 0.3 is 0 Å². The first-order chi connectivity index (χ1) is 10.5. The normalized spacial score (nSPS) is 15.1. The molecule has 22 heavy (non-hydrogen) atoms. The molecular formula is C17H24N2O3. The fourth-order valence-corrected chi connectivity index (χ4v) is 2.67. The van der Waals surface area contributed by atoms with E-state index in [4.69, 9.17) is 4.74 Å². The Morgan fingerprint density at radius 2 is 1.68 bits per heavy atom. The molecule has 0 N–H and O–H groups in total. The highest BCUT2D eigenvalue weighted by Crippen LogP contribution is 2.19. The summed E-state index contributed by atoms with van der Waals surface area (Å²) in [5.41, 5.74) is 0.899. The zero-order chi connectivity index (χ0) is 16.1. The molecule has 0 saturated carbocycles. The van der Waals surface area contributed by atoms with Crippen LogP contribution >= 0.6 is 0 Å². The summed E-state index contributed by atoms with van der Waals surface area (Å²) in [5.74, 6) is 0.998. The number of hydrogen-bond donors (Lipinski definition) is 0. The van der Waals surface area contributed by atoms with E-state index in [1.165, 1.54) is 0 Å². The van der Waals surface area contributed by atoms with Crippen LogP contribution in [0.4, 0.5) is 0 Å². The van der Waals surface area contributed by atoms with Crippen LogP contribution in [0, 0.1) is 5.92 Å². The number of ether oxygens (including phenoxy) is 1. The first kappa shape index (κ1) is 16.3. The van der Waals surface area contributed by atoms with Crippen LogP contribution in [0.25, 0.3) is 0 Å². The Hall–Kier alpha value is -2.04. The van der Waals surface area contributed by atoms with Crippen molar-refractivity contribution in [1.29, 1.82) is 0 Å². The van der Waals surface area contributed by atoms with E-state index in [9.17, 15) is 9.59 Å². The van der Waals surface area contributed by atoms with Gasteiger partial charge < -0.3 is 14.5 Å². The number of methoxy groups -OCH3 is 1. The zero-order valence-electron chi connectivity index (χ0n) is 13.5. The van der Waals surface area contributed by atoms with Gasteiger partial charge in [-0.1, -0.05) is 32.0 Å². The number of carbonyl (C=O) groups is 2. The monoisotopic (exact) mass is 304 g/mol. The van der Waals surface area contributed by atoms with Crippen LogP contribution in [0.1, 0.15) is 19.4 Å². The van der Waals surface area contributed by atoms with Crippen molar-refractivity contribution in [3.05, 3.63) is 29.8 Å². The van der Waals surface area contributed by atoms with Gasteiger partial charge in [-0.3, -0.25) is 9.59 Å². The molecule has 1 aliphatic heterocycles. The second-order valence-electron chi connectivity index (χ2n) is 5.85. The quantitative estimate of drug-likeness (QED) is 0.848. The minimum atomic E-state index is 0.0100. The fourth-order valence-electron chi connectivity index (χ4n) is 2.67. The van der Waals surface area contributed by atoms with Crippen LogP contribution < -0.4 is 4.74 Å². The molecule has 5 nitrogen and oxygen atoms in total. The maximum Gasteiger partial charge on any atom is 0.227 e. The summed E-state index contributed by atoms with van der Waals surface area (Å²) in [7, 11) is 1.61. The Morgan fingerprint density at radius 3 is 2.27 bits per heavy atom. The maximum absolute atomic E-state index is 12.4. The van der Waals surface area contributed by atoms with Gasteiger partial charge in [-0.05, 0) is 6.07 Å². The minimum absolute atomic E-state index is 0.0100. The van der Waals surface area contributed by atoms with Crippen LogP contribution in [0.2, 0.25) is 0 Å². The summed E-state index contributed by atoms with van der Waals surface area (Å²) < 4.78 is 5.28. The molecule has 1 aromatic rings. The second-order valence-corrected chi connectivity index (χ2v) is 5.85. The van der Waals surface area contributed by atoms with Gasteiger partial charge in [0.2, 0.25) is 11.8 Å². The third kappa shape index (κ3) is 3.78. The maximum atomic E-state index is 12.4. The highest BCUT2D eigenvalue weighted by atomic mass is 16.5. The molecular weight excluding hydrogens is 280 g/mol. The number of nitrogens with zero attached hydrogens (tertiary/aromatic N) is 2. The second kappa shape index (κ2) is 7.29. The van der Waals surface area contributed by atoms with Gasteiger partial charge in [0.15, 0.2) is 0 Å². The molecule has 0 spiro atoms. The highest BCUT2D eigenvalue weighted by Gasteiger charge is 2.25. The molecule has 1 saturated heterocycles. The fraction of sp³-hybridized carbons (Fsp3) is 0.529. The lowest BCUT2D eigenvalue weighted by atomic mass is 10.1. The number of hydrogen-bond acceptors (Lipinski definition) is 3. The molecule has 1 fully saturated rings. The Morgan fingerprint density at radius 1 is 1.09 bits per heavy atom. The summed E-state index contributed by atoms with van der Waals surface area (Å²) in [6, 6.07) is 7.57. The van der Waals surface area contributed by atoms with Crippen molar-refractivity contribution < 1.29 is 14.3 Å². The van der Waals surface area contributed by atoms with Crippen molar-refractivity contribution in [2.45, 2.75) is 20.3 Å². The average Bonchev–Trinajstić information content (AvgIpc) is 2.54. The van der Waals surface area contributed by atoms with Gasteiger partial charge in [-0.15, -0.1) is 0 Å². The third-order valence-corrected chi connectivity index (χ3v) is 3.97. The molecule has 0 bridgehead atoms. The van der Waals surface area contributed by atoms with Crippen molar-refractivity contribution in [3.63, 3.8) is 0 Å². The molecule has 1 aromatic carbocycles. The van der Waals surface area contributed by atoms with Crippen LogP contribution in [0.15, 0.2) is 24.3 Å². The molecule has 5 heteroatoms. The van der Waals surface area contributed by atoms with Gasteiger partial charge in [-0.25, -0.2) is 0 Å². The molecule has 2 rings (SSSR count). The summed E-state index contributed by atoms with van der Waals surface area (Å²) in [4.78, 5) is 28.0. The standard InChI is InChI=1S/C17H24N2O3/c1-13(2)17(21)19-10-8-18(9-11-19)16(20)12-14-6-4-5-7-15(14)22-3/h4-7,13H,8-12H2,1-3H3. The summed E-state index contributed by atoms with van der Waals surface area (Å²) in [5, 5.41) is 0. The van der Waals surface area contributed by atoms with Crippen molar-refractivity contribution in [1.82, 2.24) is 9.80 Å². The molecule has 120 valence electrons. The van der Waals surface area contributed by atoms with Gasteiger partial charge in [0.1, 0.15) is 5.75 Å². The number of piperazine rings is 1. The van der Waals surface area contributed by atoms with Crippen molar-refractivity contribution in [2.75, 3.05) is 33.3 Å². The summed E-state index contributed by atoms with van der Waals surface area (Å²) >= 11 is 0. The number of amides is 2. The lowest BCUT2D eigenvalue weighted by Crippen LogP contribution is -2.51. The Labute approximate surface area is 131 Å². The number of para-hydroxylation sites is 1. The van der Waals surface area contributed by atoms with E-state index in [2.05, 4.69) is 0 Å². The highest BCUT2D eigenvalue weighted by molar-refractivity contribution is 5.81. The van der Waals surface area contributed by atoms with Crippen molar-refractivity contribution in [3.8, 4) is 5.75 Å². The molecule has 2 amide bonds. The molecule has 1 heterocycles. The predicted molar refractivity (Wildman–Crippen MR) is 84.7 cm³/mol. The van der Waals surface area contributed by atoms with E-state index < -0.39 is 0 Å². The van der Waals surface area contributed by atoms with E-state index in [1.54, 1.807) is 7.11 Å². The summed E-state index contributed by atoms with van der Waals surface area (Å²) in [6.07, 6.45) is 0.335. The van der Waals surface area contributed by atoms with E-state index >= 15 is 0 Å². The Bertz CT molecular complexity index is 534. The first-order valence-electron chi connectivity index (χ1n) is 7.71. The van der Waals surface area contributed by atoms with E-state index in [-0.39, 0.29) is 17.7 Å². The van der Waals surface area contributed by atoms with E-state index in [0.717, 1.165) is 11.3 Å².